The number of rotatable bonds is 4. The van der Waals surface area contributed by atoms with E-state index in [0.717, 1.165) is 28.4 Å². The molecular weight excluding hydrogens is 574 g/mol. The van der Waals surface area contributed by atoms with Gasteiger partial charge in [-0.1, -0.05) is 72.8 Å². The second-order valence-corrected chi connectivity index (χ2v) is 10.7. The van der Waals surface area contributed by atoms with Crippen LogP contribution in [0.15, 0.2) is 155 Å². The maximum absolute atomic E-state index is 5.13. The zero-order chi connectivity index (χ0) is 30.5. The van der Waals surface area contributed by atoms with Crippen molar-refractivity contribution in [2.24, 2.45) is 15.1 Å². The number of guanidine groups is 2. The van der Waals surface area contributed by atoms with Crippen LogP contribution in [0, 0.1) is 0 Å². The van der Waals surface area contributed by atoms with Gasteiger partial charge in [-0.25, -0.2) is 9.97 Å². The molecule has 0 saturated carbocycles. The number of anilines is 2. The Bertz CT molecular complexity index is 2200. The largest absolute Gasteiger partial charge is 0.321 e. The van der Waals surface area contributed by atoms with Crippen LogP contribution in [0.25, 0.3) is 17.1 Å². The number of hydrazone groups is 1. The molecule has 3 aliphatic heterocycles. The molecule has 0 atom stereocenters. The Hall–Kier alpha value is -6.75. The van der Waals surface area contributed by atoms with Crippen LogP contribution < -0.4 is 20.5 Å². The van der Waals surface area contributed by atoms with Gasteiger partial charge in [0.05, 0.1) is 11.9 Å². The highest BCUT2D eigenvalue weighted by Crippen LogP contribution is 2.31. The lowest BCUT2D eigenvalue weighted by Gasteiger charge is -2.16. The highest BCUT2D eigenvalue weighted by molar-refractivity contribution is 6.18. The summed E-state index contributed by atoms with van der Waals surface area (Å²) in [6.45, 7) is 0. The molecule has 6 aromatic rings. The van der Waals surface area contributed by atoms with Gasteiger partial charge in [-0.05, 0) is 48.5 Å². The van der Waals surface area contributed by atoms with E-state index in [0.29, 0.717) is 41.0 Å². The fourth-order valence-corrected chi connectivity index (χ4v) is 5.60. The zero-order valence-corrected chi connectivity index (χ0v) is 24.3. The number of aliphatic imine (C=N–C) groups is 2. The molecular formula is C35H25N11. The molecule has 11 nitrogen and oxygen atoms in total. The number of benzene rings is 4. The lowest BCUT2D eigenvalue weighted by molar-refractivity contribution is 1.00. The van der Waals surface area contributed by atoms with Crippen molar-refractivity contribution in [1.82, 2.24) is 29.7 Å². The van der Waals surface area contributed by atoms with Crippen LogP contribution in [0.4, 0.5) is 23.1 Å². The van der Waals surface area contributed by atoms with Crippen LogP contribution in [0.5, 0.6) is 0 Å². The van der Waals surface area contributed by atoms with E-state index in [9.17, 15) is 0 Å². The van der Waals surface area contributed by atoms with Gasteiger partial charge in [-0.15, -0.1) is 5.10 Å². The van der Waals surface area contributed by atoms with Crippen molar-refractivity contribution in [3.8, 4) is 11.4 Å². The normalized spacial score (nSPS) is 14.9. The van der Waals surface area contributed by atoms with Crippen LogP contribution in [-0.4, -0.2) is 36.9 Å². The van der Waals surface area contributed by atoms with Crippen LogP contribution in [0.1, 0.15) is 11.5 Å². The van der Waals surface area contributed by atoms with Crippen LogP contribution >= 0.6 is 0 Å². The Kier molecular flexibility index (Phi) is 5.85. The molecule has 0 aliphatic carbocycles. The molecule has 0 amide bonds. The fraction of sp³-hybridized carbons (Fsp3) is 0. The summed E-state index contributed by atoms with van der Waals surface area (Å²) < 4.78 is 3.98. The number of fused-ring (bicyclic) bond motifs is 10. The number of nitrogens with zero attached hydrogens (tertiary/aromatic N) is 9. The highest BCUT2D eigenvalue weighted by Gasteiger charge is 2.30. The summed E-state index contributed by atoms with van der Waals surface area (Å²) in [5, 5.41) is 13.7. The van der Waals surface area contributed by atoms with E-state index < -0.39 is 0 Å². The van der Waals surface area contributed by atoms with Gasteiger partial charge in [0, 0.05) is 29.5 Å². The number of amidine groups is 1. The quantitative estimate of drug-likeness (QED) is 0.261. The topological polar surface area (TPSA) is 103 Å². The Morgan fingerprint density at radius 2 is 1.13 bits per heavy atom. The van der Waals surface area contributed by atoms with Crippen LogP contribution in [-0.2, 0) is 0 Å². The summed E-state index contributed by atoms with van der Waals surface area (Å²) in [5.74, 6) is 3.27. The van der Waals surface area contributed by atoms with Crippen molar-refractivity contribution < 1.29 is 0 Å². The summed E-state index contributed by atoms with van der Waals surface area (Å²) in [6.07, 6.45) is 5.87. The van der Waals surface area contributed by atoms with E-state index in [-0.39, 0.29) is 0 Å². The minimum absolute atomic E-state index is 0.476. The fourth-order valence-electron chi connectivity index (χ4n) is 5.60. The van der Waals surface area contributed by atoms with Gasteiger partial charge in [-0.3, -0.25) is 14.0 Å². The molecule has 0 fully saturated rings. The molecule has 4 aromatic carbocycles. The third-order valence-corrected chi connectivity index (χ3v) is 7.76. The zero-order valence-electron chi connectivity index (χ0n) is 24.3. The molecule has 0 saturated heterocycles. The predicted molar refractivity (Wildman–Crippen MR) is 180 cm³/mol. The molecule has 2 N–H and O–H groups in total. The molecule has 3 aliphatic rings. The monoisotopic (exact) mass is 599 g/mol. The van der Waals surface area contributed by atoms with Crippen molar-refractivity contribution in [2.75, 3.05) is 9.91 Å². The van der Waals surface area contributed by atoms with Crippen LogP contribution in [0.3, 0.4) is 0 Å². The number of nitrogens with one attached hydrogen (secondary N) is 2. The number of hydrogen-bond acceptors (Lipinski definition) is 9. The maximum Gasteiger partial charge on any atom is 0.238 e. The standard InChI is InChI=1S/C35H25N11/c1-5-13-24(14-6-1)43-23-30-38-32(43)29-22-45(26-17-9-3-10-18-26)34(37-29)41-33-36-28(21-44(33)25-15-7-2-8-16-25)31-40-35(39-30)46(42-31)27-19-11-4-12-20-27/h1-23H,(H,36,37,41)(H,39,40,42). The molecule has 2 aromatic heterocycles. The molecule has 9 rings (SSSR count). The Morgan fingerprint density at radius 1 is 0.522 bits per heavy atom. The lowest BCUT2D eigenvalue weighted by atomic mass is 10.3. The predicted octanol–water partition coefficient (Wildman–Crippen LogP) is 5.93. The average molecular weight is 600 g/mol. The molecule has 0 unspecified atom stereocenters. The van der Waals surface area contributed by atoms with Crippen molar-refractivity contribution >= 4 is 46.6 Å². The van der Waals surface area contributed by atoms with Gasteiger partial charge in [0.25, 0.3) is 0 Å². The lowest BCUT2D eigenvalue weighted by Crippen LogP contribution is -2.32. The molecule has 0 spiro atoms. The minimum atomic E-state index is 0.476. The van der Waals surface area contributed by atoms with Crippen molar-refractivity contribution in [1.29, 1.82) is 0 Å². The molecule has 220 valence electrons. The van der Waals surface area contributed by atoms with Gasteiger partial charge in [0.15, 0.2) is 17.5 Å². The minimum Gasteiger partial charge on any atom is -0.321 e. The van der Waals surface area contributed by atoms with Gasteiger partial charge in [0.2, 0.25) is 17.9 Å². The van der Waals surface area contributed by atoms with E-state index in [1.807, 2.05) is 154 Å². The first-order valence-corrected chi connectivity index (χ1v) is 14.8. The SMILES string of the molecule is C1=C2NC(=Nc3nc(cn3-c3ccccc3)C3=NN(c4ccccc4)C(=Nc4cn(-c5ccccc5)c2n4)N3)N1c1ccccc1. The third-order valence-electron chi connectivity index (χ3n) is 7.76. The first-order valence-electron chi connectivity index (χ1n) is 14.8. The number of aromatic nitrogens is 4. The van der Waals surface area contributed by atoms with Crippen molar-refractivity contribution in [3.05, 3.63) is 151 Å². The summed E-state index contributed by atoms with van der Waals surface area (Å²) in [4.78, 5) is 22.2. The van der Waals surface area contributed by atoms with E-state index in [2.05, 4.69) is 10.6 Å². The summed E-state index contributed by atoms with van der Waals surface area (Å²) in [6, 6.07) is 40.1. The highest BCUT2D eigenvalue weighted by atomic mass is 15.6. The maximum atomic E-state index is 5.13. The molecule has 0 radical (unpaired) electrons. The first kappa shape index (κ1) is 25.7. The smallest absolute Gasteiger partial charge is 0.238 e. The van der Waals surface area contributed by atoms with Gasteiger partial charge >= 0.3 is 0 Å². The molecule has 11 heteroatoms. The van der Waals surface area contributed by atoms with Gasteiger partial charge < -0.3 is 10.6 Å². The third kappa shape index (κ3) is 4.42. The average Bonchev–Trinajstić information content (AvgIpc) is 3.91. The van der Waals surface area contributed by atoms with E-state index in [1.54, 1.807) is 5.01 Å². The Balaban J connectivity index is 1.30. The molecule has 5 heterocycles. The van der Waals surface area contributed by atoms with Gasteiger partial charge in [0.1, 0.15) is 11.4 Å². The Labute approximate surface area is 263 Å². The summed E-state index contributed by atoms with van der Waals surface area (Å²) in [7, 11) is 0. The molecule has 8 bridgehead atoms. The first-order chi connectivity index (χ1) is 22.8. The number of imidazole rings is 2. The summed E-state index contributed by atoms with van der Waals surface area (Å²) in [5.41, 5.74) is 5.01. The van der Waals surface area contributed by atoms with Gasteiger partial charge in [-0.2, -0.15) is 15.0 Å². The van der Waals surface area contributed by atoms with Crippen molar-refractivity contribution in [3.63, 3.8) is 0 Å². The molecule has 46 heavy (non-hydrogen) atoms. The second-order valence-electron chi connectivity index (χ2n) is 10.7. The van der Waals surface area contributed by atoms with E-state index in [4.69, 9.17) is 25.1 Å². The summed E-state index contributed by atoms with van der Waals surface area (Å²) >= 11 is 0. The van der Waals surface area contributed by atoms with E-state index >= 15 is 0 Å². The number of hydrogen-bond donors (Lipinski definition) is 2. The van der Waals surface area contributed by atoms with Crippen LogP contribution in [0.2, 0.25) is 0 Å². The van der Waals surface area contributed by atoms with Crippen molar-refractivity contribution in [2.45, 2.75) is 0 Å². The number of para-hydroxylation sites is 4. The Morgan fingerprint density at radius 3 is 1.80 bits per heavy atom. The van der Waals surface area contributed by atoms with E-state index in [1.165, 1.54) is 0 Å². The second kappa shape index (κ2) is 10.5.